The summed E-state index contributed by atoms with van der Waals surface area (Å²) in [7, 11) is -4.53. The molecule has 0 atom stereocenters. The minimum Gasteiger partial charge on any atom is -0.364 e. The summed E-state index contributed by atoms with van der Waals surface area (Å²) < 4.78 is 31.1. The van der Waals surface area contributed by atoms with Crippen molar-refractivity contribution in [2.45, 2.75) is 26.2 Å². The van der Waals surface area contributed by atoms with Gasteiger partial charge < -0.3 is 5.73 Å². The maximum Gasteiger partial charge on any atom is 0.365 e. The van der Waals surface area contributed by atoms with E-state index in [-0.39, 0.29) is 11.4 Å². The van der Waals surface area contributed by atoms with Gasteiger partial charge in [0.05, 0.1) is 5.69 Å². The average molecular weight is 247 g/mol. The Bertz CT molecular complexity index is 491. The molecule has 0 saturated carbocycles. The lowest BCUT2D eigenvalue weighted by Crippen LogP contribution is -2.22. The van der Waals surface area contributed by atoms with E-state index < -0.39 is 16.2 Å². The van der Waals surface area contributed by atoms with E-state index in [0.717, 1.165) is 19.2 Å². The third-order valence-electron chi connectivity index (χ3n) is 2.06. The van der Waals surface area contributed by atoms with Crippen molar-refractivity contribution in [2.75, 3.05) is 0 Å². The molecule has 0 fully saturated rings. The van der Waals surface area contributed by atoms with Gasteiger partial charge in [0.15, 0.2) is 0 Å². The molecule has 1 aromatic rings. The van der Waals surface area contributed by atoms with E-state index in [9.17, 15) is 13.2 Å². The van der Waals surface area contributed by atoms with Crippen LogP contribution < -0.4 is 5.73 Å². The first-order valence-corrected chi connectivity index (χ1v) is 6.11. The Morgan fingerprint density at radius 1 is 1.62 bits per heavy atom. The van der Waals surface area contributed by atoms with Crippen molar-refractivity contribution in [2.24, 2.45) is 5.73 Å². The van der Waals surface area contributed by atoms with Gasteiger partial charge in [0, 0.05) is 0 Å². The van der Waals surface area contributed by atoms with Crippen LogP contribution in [0.3, 0.4) is 0 Å². The Labute approximate surface area is 93.2 Å². The fraction of sp³-hybridized carbons (Fsp3) is 0.500. The van der Waals surface area contributed by atoms with Crippen LogP contribution in [0.2, 0.25) is 0 Å². The topological polar surface area (TPSA) is 115 Å². The third kappa shape index (κ3) is 2.58. The Hall–Kier alpha value is -1.41. The molecule has 0 aromatic carbocycles. The van der Waals surface area contributed by atoms with Crippen LogP contribution in [0.15, 0.2) is 6.33 Å². The molecule has 0 radical (unpaired) electrons. The van der Waals surface area contributed by atoms with Crippen molar-refractivity contribution < 1.29 is 17.8 Å². The summed E-state index contributed by atoms with van der Waals surface area (Å²) in [6.07, 6.45) is 2.94. The number of imidazole rings is 1. The van der Waals surface area contributed by atoms with E-state index in [2.05, 4.69) is 4.98 Å². The smallest absolute Gasteiger partial charge is 0.364 e. The fourth-order valence-electron chi connectivity index (χ4n) is 1.32. The summed E-state index contributed by atoms with van der Waals surface area (Å²) in [6.45, 7) is 1.95. The molecule has 1 aromatic heterocycles. The van der Waals surface area contributed by atoms with Gasteiger partial charge in [-0.1, -0.05) is 13.3 Å². The van der Waals surface area contributed by atoms with Gasteiger partial charge in [0.1, 0.15) is 12.0 Å². The van der Waals surface area contributed by atoms with Gasteiger partial charge in [-0.3, -0.25) is 9.35 Å². The van der Waals surface area contributed by atoms with Crippen molar-refractivity contribution in [1.29, 1.82) is 0 Å². The number of hydrogen-bond donors (Lipinski definition) is 2. The molecule has 1 heterocycles. The zero-order valence-corrected chi connectivity index (χ0v) is 9.57. The second kappa shape index (κ2) is 4.62. The number of amides is 1. The normalized spacial score (nSPS) is 11.6. The molecular formula is C8H13N3O4S. The molecule has 8 heteroatoms. The number of unbranched alkanes of at least 4 members (excludes halogenated alkanes) is 1. The average Bonchev–Trinajstić information content (AvgIpc) is 2.57. The molecule has 0 aliphatic carbocycles. The number of carbonyl (C=O) groups excluding carboxylic acids is 1. The largest absolute Gasteiger partial charge is 0.365 e. The van der Waals surface area contributed by atoms with Crippen molar-refractivity contribution in [3.63, 3.8) is 0 Å². The minimum atomic E-state index is -4.53. The van der Waals surface area contributed by atoms with E-state index in [1.165, 1.54) is 0 Å². The maximum atomic E-state index is 11.1. The van der Waals surface area contributed by atoms with Crippen LogP contribution in [0.5, 0.6) is 0 Å². The monoisotopic (exact) mass is 247 g/mol. The Morgan fingerprint density at radius 3 is 2.69 bits per heavy atom. The third-order valence-corrected chi connectivity index (χ3v) is 2.84. The lowest BCUT2D eigenvalue weighted by atomic mass is 10.1. The number of hydrogen-bond acceptors (Lipinski definition) is 4. The van der Waals surface area contributed by atoms with Crippen molar-refractivity contribution >= 4 is 16.2 Å². The first-order chi connectivity index (χ1) is 7.38. The van der Waals surface area contributed by atoms with Crippen LogP contribution in [-0.4, -0.2) is 27.8 Å². The van der Waals surface area contributed by atoms with E-state index in [1.807, 2.05) is 6.92 Å². The molecule has 0 bridgehead atoms. The highest BCUT2D eigenvalue weighted by Gasteiger charge is 2.22. The zero-order chi connectivity index (χ0) is 12.3. The molecule has 1 rings (SSSR count). The highest BCUT2D eigenvalue weighted by molar-refractivity contribution is 7.84. The predicted molar refractivity (Wildman–Crippen MR) is 56.3 cm³/mol. The second-order valence-corrected chi connectivity index (χ2v) is 4.57. The molecule has 0 unspecified atom stereocenters. The van der Waals surface area contributed by atoms with Crippen LogP contribution >= 0.6 is 0 Å². The fourth-order valence-corrected chi connectivity index (χ4v) is 1.91. The van der Waals surface area contributed by atoms with Gasteiger partial charge >= 0.3 is 10.3 Å². The summed E-state index contributed by atoms with van der Waals surface area (Å²) >= 11 is 0. The molecular weight excluding hydrogens is 234 g/mol. The molecule has 0 aliphatic rings. The number of carbonyl (C=O) groups is 1. The summed E-state index contributed by atoms with van der Waals surface area (Å²) in [5.74, 6) is -0.929. The van der Waals surface area contributed by atoms with Crippen molar-refractivity contribution in [3.8, 4) is 0 Å². The van der Waals surface area contributed by atoms with Crippen LogP contribution in [0.4, 0.5) is 0 Å². The molecule has 0 saturated heterocycles. The number of primary amides is 1. The molecule has 1 amide bonds. The Morgan fingerprint density at radius 2 is 2.25 bits per heavy atom. The number of rotatable bonds is 5. The molecule has 7 nitrogen and oxygen atoms in total. The molecule has 0 aliphatic heterocycles. The van der Waals surface area contributed by atoms with Gasteiger partial charge in [0.2, 0.25) is 0 Å². The Kier molecular flexibility index (Phi) is 3.66. The zero-order valence-electron chi connectivity index (χ0n) is 8.75. The molecule has 90 valence electrons. The van der Waals surface area contributed by atoms with E-state index >= 15 is 0 Å². The van der Waals surface area contributed by atoms with Gasteiger partial charge in [-0.05, 0) is 12.8 Å². The van der Waals surface area contributed by atoms with Gasteiger partial charge in [-0.15, -0.1) is 0 Å². The van der Waals surface area contributed by atoms with Crippen molar-refractivity contribution in [3.05, 3.63) is 17.7 Å². The summed E-state index contributed by atoms with van der Waals surface area (Å²) in [5.41, 5.74) is 5.06. The summed E-state index contributed by atoms with van der Waals surface area (Å²) in [5, 5.41) is 0. The highest BCUT2D eigenvalue weighted by Crippen LogP contribution is 2.12. The molecule has 3 N–H and O–H groups in total. The highest BCUT2D eigenvalue weighted by atomic mass is 32.2. The number of aromatic nitrogens is 2. The maximum absolute atomic E-state index is 11.1. The van der Waals surface area contributed by atoms with Crippen LogP contribution in [0, 0.1) is 0 Å². The first kappa shape index (κ1) is 12.7. The lowest BCUT2D eigenvalue weighted by Gasteiger charge is -2.02. The minimum absolute atomic E-state index is 0.282. The lowest BCUT2D eigenvalue weighted by molar-refractivity contribution is 0.0993. The Balaban J connectivity index is 3.23. The van der Waals surface area contributed by atoms with Gasteiger partial charge in [-0.2, -0.15) is 12.4 Å². The van der Waals surface area contributed by atoms with E-state index in [4.69, 9.17) is 10.3 Å². The summed E-state index contributed by atoms with van der Waals surface area (Å²) in [4.78, 5) is 14.9. The van der Waals surface area contributed by atoms with E-state index in [0.29, 0.717) is 10.4 Å². The quantitative estimate of drug-likeness (QED) is 0.709. The number of aryl methyl sites for hydroxylation is 1. The van der Waals surface area contributed by atoms with Crippen LogP contribution in [0.25, 0.3) is 0 Å². The van der Waals surface area contributed by atoms with Crippen LogP contribution in [0.1, 0.15) is 35.9 Å². The van der Waals surface area contributed by atoms with E-state index in [1.54, 1.807) is 0 Å². The molecule has 0 spiro atoms. The van der Waals surface area contributed by atoms with Gasteiger partial charge in [0.25, 0.3) is 5.91 Å². The number of nitrogens with two attached hydrogens (primary N) is 1. The molecule has 16 heavy (non-hydrogen) atoms. The predicted octanol–water partition coefficient (Wildman–Crippen LogP) is -0.0245. The second-order valence-electron chi connectivity index (χ2n) is 3.28. The van der Waals surface area contributed by atoms with Crippen LogP contribution in [-0.2, 0) is 16.7 Å². The SMILES string of the molecule is CCCCc1ncn(S(=O)(=O)O)c1C(N)=O. The number of nitrogens with zero attached hydrogens (tertiary/aromatic N) is 2. The standard InChI is InChI=1S/C8H13N3O4S/c1-2-3-4-6-7(8(9)12)11(5-10-6)16(13,14)15/h5H,2-4H2,1H3,(H2,9,12)(H,13,14,15). The van der Waals surface area contributed by atoms with Gasteiger partial charge in [-0.25, -0.2) is 4.98 Å². The van der Waals surface area contributed by atoms with Crippen molar-refractivity contribution in [1.82, 2.24) is 8.96 Å². The summed E-state index contributed by atoms with van der Waals surface area (Å²) in [6, 6.07) is 0. The first-order valence-electron chi connectivity index (χ1n) is 4.72.